The molecule has 9 heteroatoms. The predicted octanol–water partition coefficient (Wildman–Crippen LogP) is 5.48. The largest absolute Gasteiger partial charge is 0.508 e. The molecule has 0 saturated carbocycles. The average molecular weight is 513 g/mol. The van der Waals surface area contributed by atoms with E-state index in [1.807, 2.05) is 19.3 Å². The summed E-state index contributed by atoms with van der Waals surface area (Å²) in [6, 6.07) is 8.12. The summed E-state index contributed by atoms with van der Waals surface area (Å²) in [6.07, 6.45) is 7.95. The maximum Gasteiger partial charge on any atom is 0.227 e. The van der Waals surface area contributed by atoms with Crippen LogP contribution in [0.4, 0.5) is 16.0 Å². The number of phenolic OH excluding ortho intramolecular Hbond substituents is 1. The lowest BCUT2D eigenvalue weighted by Gasteiger charge is -2.09. The number of fused-ring (bicyclic) bond motifs is 1. The first-order valence-corrected chi connectivity index (χ1v) is 11.6. The Morgan fingerprint density at radius 2 is 1.88 bits per heavy atom. The van der Waals surface area contributed by atoms with Crippen LogP contribution in [0.1, 0.15) is 19.8 Å². The van der Waals surface area contributed by atoms with E-state index < -0.39 is 5.82 Å². The third-order valence-corrected chi connectivity index (χ3v) is 5.92. The van der Waals surface area contributed by atoms with Gasteiger partial charge in [-0.25, -0.2) is 14.4 Å². The normalized spacial score (nSPS) is 13.7. The summed E-state index contributed by atoms with van der Waals surface area (Å²) in [5.41, 5.74) is 2.46. The summed E-state index contributed by atoms with van der Waals surface area (Å²) < 4.78 is 16.4. The van der Waals surface area contributed by atoms with Crippen molar-refractivity contribution in [1.29, 1.82) is 0 Å². The fourth-order valence-electron chi connectivity index (χ4n) is 3.78. The molecular formula is C24H26BrFN6O. The minimum atomic E-state index is -0.438. The van der Waals surface area contributed by atoms with Gasteiger partial charge < -0.3 is 15.3 Å². The molecule has 3 heterocycles. The van der Waals surface area contributed by atoms with Crippen LogP contribution < -0.4 is 5.32 Å². The summed E-state index contributed by atoms with van der Waals surface area (Å²) in [5, 5.41) is 17.7. The van der Waals surface area contributed by atoms with Gasteiger partial charge in [0.05, 0.1) is 6.20 Å². The van der Waals surface area contributed by atoms with Crippen LogP contribution in [-0.4, -0.2) is 49.4 Å². The molecule has 0 amide bonds. The molecule has 0 radical (unpaired) electrons. The highest BCUT2D eigenvalue weighted by molar-refractivity contribution is 9.10. The molecule has 2 N–H and O–H groups in total. The lowest BCUT2D eigenvalue weighted by Crippen LogP contribution is -2.17. The number of anilines is 2. The zero-order valence-electron chi connectivity index (χ0n) is 18.6. The van der Waals surface area contributed by atoms with Gasteiger partial charge in [0.25, 0.3) is 0 Å². The van der Waals surface area contributed by atoms with E-state index in [2.05, 4.69) is 48.1 Å². The topological polar surface area (TPSA) is 79.1 Å². The molecule has 33 heavy (non-hydrogen) atoms. The first kappa shape index (κ1) is 23.1. The molecule has 4 aromatic rings. The molecule has 1 fully saturated rings. The van der Waals surface area contributed by atoms with Crippen LogP contribution in [0.2, 0.25) is 0 Å². The number of aryl methyl sites for hydroxylation is 1. The minimum Gasteiger partial charge on any atom is -0.508 e. The van der Waals surface area contributed by atoms with Gasteiger partial charge in [0.1, 0.15) is 11.3 Å². The highest BCUT2D eigenvalue weighted by atomic mass is 79.9. The molecule has 0 unspecified atom stereocenters. The Morgan fingerprint density at radius 3 is 2.55 bits per heavy atom. The van der Waals surface area contributed by atoms with Crippen LogP contribution in [0.5, 0.6) is 5.75 Å². The number of rotatable bonds is 4. The van der Waals surface area contributed by atoms with Gasteiger partial charge >= 0.3 is 0 Å². The Kier molecular flexibility index (Phi) is 7.20. The lowest BCUT2D eigenvalue weighted by atomic mass is 10.1. The van der Waals surface area contributed by atoms with E-state index in [0.29, 0.717) is 15.5 Å². The highest BCUT2D eigenvalue weighted by Gasteiger charge is 2.10. The van der Waals surface area contributed by atoms with Crippen molar-refractivity contribution in [2.45, 2.75) is 19.8 Å². The summed E-state index contributed by atoms with van der Waals surface area (Å²) >= 11 is 3.25. The second-order valence-corrected chi connectivity index (χ2v) is 8.87. The molecule has 5 rings (SSSR count). The molecule has 1 aliphatic heterocycles. The zero-order valence-corrected chi connectivity index (χ0v) is 20.2. The summed E-state index contributed by atoms with van der Waals surface area (Å²) in [6.45, 7) is 6.16. The molecular weight excluding hydrogens is 487 g/mol. The Morgan fingerprint density at radius 1 is 1.09 bits per heavy atom. The van der Waals surface area contributed by atoms with E-state index in [9.17, 15) is 9.50 Å². The first-order valence-electron chi connectivity index (χ1n) is 10.9. The van der Waals surface area contributed by atoms with Crippen LogP contribution in [0.25, 0.3) is 22.0 Å². The number of aromatic nitrogens is 4. The Labute approximate surface area is 200 Å². The number of hydrogen-bond acceptors (Lipinski definition) is 6. The van der Waals surface area contributed by atoms with Gasteiger partial charge in [0.15, 0.2) is 5.82 Å². The molecule has 2 aromatic carbocycles. The fraction of sp³-hybridized carbons (Fsp3) is 0.292. The third-order valence-electron chi connectivity index (χ3n) is 5.46. The van der Waals surface area contributed by atoms with Crippen LogP contribution in [0, 0.1) is 5.82 Å². The molecule has 1 aliphatic rings. The number of halogens is 2. The maximum absolute atomic E-state index is 14.1. The third kappa shape index (κ3) is 5.85. The predicted molar refractivity (Wildman–Crippen MR) is 132 cm³/mol. The van der Waals surface area contributed by atoms with Crippen molar-refractivity contribution in [1.82, 2.24) is 24.6 Å². The Hall–Kier alpha value is -3.04. The van der Waals surface area contributed by atoms with Crippen molar-refractivity contribution in [3.63, 3.8) is 0 Å². The van der Waals surface area contributed by atoms with E-state index >= 15 is 0 Å². The lowest BCUT2D eigenvalue weighted by molar-refractivity contribution is 0.359. The Balaban J connectivity index is 0.000000318. The smallest absolute Gasteiger partial charge is 0.227 e. The van der Waals surface area contributed by atoms with Gasteiger partial charge in [-0.15, -0.1) is 0 Å². The number of nitrogens with one attached hydrogen (secondary N) is 1. The molecule has 7 nitrogen and oxygen atoms in total. The van der Waals surface area contributed by atoms with E-state index in [-0.39, 0.29) is 17.2 Å². The van der Waals surface area contributed by atoms with Gasteiger partial charge in [-0.3, -0.25) is 4.68 Å². The van der Waals surface area contributed by atoms with Crippen molar-refractivity contribution in [2.24, 2.45) is 7.05 Å². The van der Waals surface area contributed by atoms with Crippen LogP contribution in [0.3, 0.4) is 0 Å². The number of phenols is 1. The molecule has 2 aromatic heterocycles. The standard InChI is InChI=1S/C18H13BrFN5O.C6H13N/c1-25-9-12(8-22-25)10-3-14(6-15(26)4-10)23-18-21-7-11-2-13(19)5-16(20)17(11)24-18;1-2-7-5-3-4-6-7/h2-9,26H,1H3,(H,21,23,24);2-6H2,1H3. The maximum atomic E-state index is 14.1. The van der Waals surface area contributed by atoms with Crippen LogP contribution >= 0.6 is 15.9 Å². The van der Waals surface area contributed by atoms with E-state index in [4.69, 9.17) is 0 Å². The first-order chi connectivity index (χ1) is 15.9. The van der Waals surface area contributed by atoms with Gasteiger partial charge in [-0.1, -0.05) is 22.9 Å². The quantitative estimate of drug-likeness (QED) is 0.376. The summed E-state index contributed by atoms with van der Waals surface area (Å²) in [5.74, 6) is -0.113. The number of aromatic hydroxyl groups is 1. The Bertz CT molecular complexity index is 1260. The van der Waals surface area contributed by atoms with Crippen LogP contribution in [-0.2, 0) is 7.05 Å². The fourth-order valence-corrected chi connectivity index (χ4v) is 4.22. The molecule has 0 bridgehead atoms. The molecule has 0 aliphatic carbocycles. The highest BCUT2D eigenvalue weighted by Crippen LogP contribution is 2.29. The second kappa shape index (κ2) is 10.3. The zero-order chi connectivity index (χ0) is 23.4. The van der Waals surface area contributed by atoms with E-state index in [1.165, 1.54) is 38.5 Å². The molecule has 172 valence electrons. The molecule has 0 atom stereocenters. The number of benzene rings is 2. The van der Waals surface area contributed by atoms with Gasteiger partial charge in [-0.2, -0.15) is 5.10 Å². The van der Waals surface area contributed by atoms with E-state index in [1.54, 1.807) is 35.3 Å². The summed E-state index contributed by atoms with van der Waals surface area (Å²) in [4.78, 5) is 10.9. The van der Waals surface area contributed by atoms with Crippen molar-refractivity contribution in [3.8, 4) is 16.9 Å². The van der Waals surface area contributed by atoms with Gasteiger partial charge in [-0.05, 0) is 62.3 Å². The van der Waals surface area contributed by atoms with Gasteiger partial charge in [0.2, 0.25) is 5.95 Å². The number of hydrogen-bond donors (Lipinski definition) is 2. The number of nitrogens with zero attached hydrogens (tertiary/aromatic N) is 5. The summed E-state index contributed by atoms with van der Waals surface area (Å²) in [7, 11) is 1.82. The monoisotopic (exact) mass is 512 g/mol. The van der Waals surface area contributed by atoms with Crippen molar-refractivity contribution >= 4 is 38.5 Å². The molecule has 1 saturated heterocycles. The van der Waals surface area contributed by atoms with E-state index in [0.717, 1.165) is 11.1 Å². The minimum absolute atomic E-state index is 0.0877. The molecule has 0 spiro atoms. The van der Waals surface area contributed by atoms with Crippen molar-refractivity contribution in [3.05, 3.63) is 59.2 Å². The van der Waals surface area contributed by atoms with Crippen molar-refractivity contribution in [2.75, 3.05) is 25.0 Å². The SMILES string of the molecule is CCN1CCCC1.Cn1cc(-c2cc(O)cc(Nc3ncc4cc(Br)cc(F)c4n3)c2)cn1. The number of likely N-dealkylation sites (tertiary alicyclic amines) is 1. The average Bonchev–Trinajstić information content (AvgIpc) is 3.46. The second-order valence-electron chi connectivity index (χ2n) is 7.96. The van der Waals surface area contributed by atoms with Gasteiger partial charge in [0, 0.05) is 46.6 Å². The van der Waals surface area contributed by atoms with Crippen molar-refractivity contribution < 1.29 is 9.50 Å². The van der Waals surface area contributed by atoms with Crippen LogP contribution in [0.15, 0.2) is 53.4 Å².